The Morgan fingerprint density at radius 1 is 1.07 bits per heavy atom. The molecule has 0 aliphatic heterocycles. The van der Waals surface area contributed by atoms with Gasteiger partial charge in [-0.15, -0.1) is 0 Å². The van der Waals surface area contributed by atoms with Crippen molar-refractivity contribution in [2.75, 3.05) is 0 Å². The van der Waals surface area contributed by atoms with Gasteiger partial charge in [0.15, 0.2) is 0 Å². The van der Waals surface area contributed by atoms with E-state index in [1.165, 1.54) is 23.1 Å². The largest absolute Gasteiger partial charge is 0.0626 e. The Kier molecular flexibility index (Phi) is 2.22. The molecule has 0 fully saturated rings. The van der Waals surface area contributed by atoms with Crippen LogP contribution in [0.15, 0.2) is 17.7 Å². The fourth-order valence-corrected chi connectivity index (χ4v) is 2.14. The Morgan fingerprint density at radius 2 is 1.71 bits per heavy atom. The maximum Gasteiger partial charge on any atom is -0.00525 e. The van der Waals surface area contributed by atoms with Crippen LogP contribution in [0.4, 0.5) is 0 Å². The summed E-state index contributed by atoms with van der Waals surface area (Å²) in [5.74, 6) is 0.682. The van der Waals surface area contributed by atoms with Crippen molar-refractivity contribution >= 4 is 6.08 Å². The SMILES string of the molecule is Cc1ccc(C)c2c1C=C(C(C)C)C2. The summed E-state index contributed by atoms with van der Waals surface area (Å²) in [6.45, 7) is 8.98. The minimum absolute atomic E-state index is 0.682. The average molecular weight is 186 g/mol. The fourth-order valence-electron chi connectivity index (χ4n) is 2.14. The van der Waals surface area contributed by atoms with Crippen LogP contribution in [0.3, 0.4) is 0 Å². The molecule has 0 radical (unpaired) electrons. The molecule has 0 aromatic heterocycles. The van der Waals surface area contributed by atoms with E-state index in [1.54, 1.807) is 11.1 Å². The molecule has 1 aliphatic rings. The number of hydrogen-bond acceptors (Lipinski definition) is 0. The second kappa shape index (κ2) is 3.27. The van der Waals surface area contributed by atoms with Gasteiger partial charge in [-0.05, 0) is 48.4 Å². The van der Waals surface area contributed by atoms with Gasteiger partial charge in [0, 0.05) is 0 Å². The molecule has 0 N–H and O–H groups in total. The zero-order valence-electron chi connectivity index (χ0n) is 9.52. The smallest absolute Gasteiger partial charge is 0.00525 e. The predicted octanol–water partition coefficient (Wildman–Crippen LogP) is 3.90. The third kappa shape index (κ3) is 1.39. The normalized spacial score (nSPS) is 14.5. The molecular weight excluding hydrogens is 168 g/mol. The first-order valence-electron chi connectivity index (χ1n) is 5.39. The van der Waals surface area contributed by atoms with Crippen molar-refractivity contribution in [3.63, 3.8) is 0 Å². The molecule has 2 rings (SSSR count). The zero-order valence-corrected chi connectivity index (χ0v) is 9.52. The maximum atomic E-state index is 2.39. The maximum absolute atomic E-state index is 2.39. The third-order valence-electron chi connectivity index (χ3n) is 3.26. The molecule has 0 atom stereocenters. The first-order valence-corrected chi connectivity index (χ1v) is 5.39. The van der Waals surface area contributed by atoms with E-state index in [4.69, 9.17) is 0 Å². The number of allylic oxidation sites excluding steroid dienone is 1. The van der Waals surface area contributed by atoms with Gasteiger partial charge in [-0.3, -0.25) is 0 Å². The molecule has 0 saturated heterocycles. The van der Waals surface area contributed by atoms with Crippen LogP contribution >= 0.6 is 0 Å². The second-order valence-corrected chi connectivity index (χ2v) is 4.64. The summed E-state index contributed by atoms with van der Waals surface area (Å²) in [5, 5.41) is 0. The van der Waals surface area contributed by atoms with Crippen molar-refractivity contribution in [2.45, 2.75) is 34.1 Å². The molecule has 0 nitrogen and oxygen atoms in total. The van der Waals surface area contributed by atoms with Gasteiger partial charge in [0.2, 0.25) is 0 Å². The fraction of sp³-hybridized carbons (Fsp3) is 0.429. The summed E-state index contributed by atoms with van der Waals surface area (Å²) < 4.78 is 0. The van der Waals surface area contributed by atoms with Crippen molar-refractivity contribution in [3.05, 3.63) is 40.0 Å². The molecule has 14 heavy (non-hydrogen) atoms. The highest BCUT2D eigenvalue weighted by atomic mass is 14.2. The summed E-state index contributed by atoms with van der Waals surface area (Å²) in [7, 11) is 0. The third-order valence-corrected chi connectivity index (χ3v) is 3.26. The Morgan fingerprint density at radius 3 is 2.29 bits per heavy atom. The molecule has 0 heterocycles. The summed E-state index contributed by atoms with van der Waals surface area (Å²) >= 11 is 0. The summed E-state index contributed by atoms with van der Waals surface area (Å²) in [6.07, 6.45) is 3.56. The van der Waals surface area contributed by atoms with E-state index in [0.29, 0.717) is 5.92 Å². The molecule has 0 heteroatoms. The van der Waals surface area contributed by atoms with E-state index >= 15 is 0 Å². The van der Waals surface area contributed by atoms with Gasteiger partial charge in [0.25, 0.3) is 0 Å². The Labute approximate surface area is 86.7 Å². The zero-order chi connectivity index (χ0) is 10.3. The highest BCUT2D eigenvalue weighted by Gasteiger charge is 2.17. The molecule has 1 aliphatic carbocycles. The van der Waals surface area contributed by atoms with Crippen molar-refractivity contribution in [1.29, 1.82) is 0 Å². The van der Waals surface area contributed by atoms with Crippen LogP contribution in [0.2, 0.25) is 0 Å². The number of hydrogen-bond donors (Lipinski definition) is 0. The second-order valence-electron chi connectivity index (χ2n) is 4.64. The lowest BCUT2D eigenvalue weighted by Crippen LogP contribution is -1.95. The lowest BCUT2D eigenvalue weighted by Gasteiger charge is -2.07. The van der Waals surface area contributed by atoms with Crippen LogP contribution < -0.4 is 0 Å². The van der Waals surface area contributed by atoms with E-state index in [-0.39, 0.29) is 0 Å². The Balaban J connectivity index is 2.50. The molecule has 0 amide bonds. The molecule has 0 spiro atoms. The highest BCUT2D eigenvalue weighted by molar-refractivity contribution is 5.68. The Hall–Kier alpha value is -1.04. The molecule has 1 aromatic carbocycles. The van der Waals surface area contributed by atoms with Crippen LogP contribution in [-0.2, 0) is 6.42 Å². The predicted molar refractivity (Wildman–Crippen MR) is 62.4 cm³/mol. The van der Waals surface area contributed by atoms with Crippen LogP contribution in [0.25, 0.3) is 6.08 Å². The minimum atomic E-state index is 0.682. The topological polar surface area (TPSA) is 0 Å². The van der Waals surface area contributed by atoms with Gasteiger partial charge < -0.3 is 0 Å². The van der Waals surface area contributed by atoms with Crippen LogP contribution in [-0.4, -0.2) is 0 Å². The first kappa shape index (κ1) is 9.51. The number of aryl methyl sites for hydroxylation is 2. The summed E-state index contributed by atoms with van der Waals surface area (Å²) in [6, 6.07) is 4.47. The van der Waals surface area contributed by atoms with Crippen molar-refractivity contribution in [2.24, 2.45) is 5.92 Å². The monoisotopic (exact) mass is 186 g/mol. The number of benzene rings is 1. The molecule has 74 valence electrons. The van der Waals surface area contributed by atoms with Crippen molar-refractivity contribution in [1.82, 2.24) is 0 Å². The number of fused-ring (bicyclic) bond motifs is 1. The molecule has 0 saturated carbocycles. The van der Waals surface area contributed by atoms with E-state index < -0.39 is 0 Å². The lowest BCUT2D eigenvalue weighted by molar-refractivity contribution is 0.754. The molecular formula is C14H18. The van der Waals surface area contributed by atoms with Gasteiger partial charge in [-0.1, -0.05) is 37.6 Å². The average Bonchev–Trinajstić information content (AvgIpc) is 2.57. The van der Waals surface area contributed by atoms with Gasteiger partial charge >= 0.3 is 0 Å². The van der Waals surface area contributed by atoms with E-state index in [9.17, 15) is 0 Å². The molecule has 1 aromatic rings. The first-order chi connectivity index (χ1) is 6.59. The van der Waals surface area contributed by atoms with Crippen molar-refractivity contribution < 1.29 is 0 Å². The lowest BCUT2D eigenvalue weighted by atomic mass is 9.98. The minimum Gasteiger partial charge on any atom is -0.0626 e. The van der Waals surface area contributed by atoms with Gasteiger partial charge in [0.1, 0.15) is 0 Å². The quantitative estimate of drug-likeness (QED) is 0.624. The standard InChI is InChI=1S/C14H18/c1-9(2)12-7-13-10(3)5-6-11(4)14(13)8-12/h5-7,9H,8H2,1-4H3. The van der Waals surface area contributed by atoms with E-state index in [0.717, 1.165) is 0 Å². The summed E-state index contributed by atoms with van der Waals surface area (Å²) in [5.41, 5.74) is 7.47. The van der Waals surface area contributed by atoms with Gasteiger partial charge in [-0.2, -0.15) is 0 Å². The van der Waals surface area contributed by atoms with Gasteiger partial charge in [-0.25, -0.2) is 0 Å². The van der Waals surface area contributed by atoms with Gasteiger partial charge in [0.05, 0.1) is 0 Å². The highest BCUT2D eigenvalue weighted by Crippen LogP contribution is 2.33. The van der Waals surface area contributed by atoms with Crippen LogP contribution in [0.1, 0.15) is 36.1 Å². The molecule has 0 bridgehead atoms. The summed E-state index contributed by atoms with van der Waals surface area (Å²) in [4.78, 5) is 0. The number of rotatable bonds is 1. The van der Waals surface area contributed by atoms with Crippen LogP contribution in [0.5, 0.6) is 0 Å². The van der Waals surface area contributed by atoms with E-state index in [1.807, 2.05) is 0 Å². The van der Waals surface area contributed by atoms with E-state index in [2.05, 4.69) is 45.9 Å². The molecule has 0 unspecified atom stereocenters. The van der Waals surface area contributed by atoms with Crippen molar-refractivity contribution in [3.8, 4) is 0 Å². The Bertz CT molecular complexity index is 395. The van der Waals surface area contributed by atoms with Crippen LogP contribution in [0, 0.1) is 19.8 Å².